The molecule has 1 spiro atoms. The summed E-state index contributed by atoms with van der Waals surface area (Å²) >= 11 is 3.36. The van der Waals surface area contributed by atoms with E-state index in [1.54, 1.807) is 13.3 Å². The van der Waals surface area contributed by atoms with E-state index < -0.39 is 13.3 Å². The predicted molar refractivity (Wildman–Crippen MR) is 179 cm³/mol. The van der Waals surface area contributed by atoms with Crippen LogP contribution in [0.3, 0.4) is 0 Å². The monoisotopic (exact) mass is 668 g/mol. The van der Waals surface area contributed by atoms with Crippen LogP contribution in [-0.2, 0) is 15.1 Å². The third-order valence-electron chi connectivity index (χ3n) is 9.95. The van der Waals surface area contributed by atoms with Gasteiger partial charge < -0.3 is 24.8 Å². The van der Waals surface area contributed by atoms with E-state index in [9.17, 15) is 14.2 Å². The van der Waals surface area contributed by atoms with Crippen LogP contribution in [0.25, 0.3) is 0 Å². The van der Waals surface area contributed by atoms with Gasteiger partial charge >= 0.3 is 6.01 Å². The Morgan fingerprint density at radius 3 is 2.73 bits per heavy atom. The van der Waals surface area contributed by atoms with Gasteiger partial charge in [-0.25, -0.2) is 4.39 Å². The number of thiophene rings is 1. The minimum Gasteiger partial charge on any atom is -0.461 e. The van der Waals surface area contributed by atoms with E-state index in [0.717, 1.165) is 41.6 Å². The van der Waals surface area contributed by atoms with Crippen molar-refractivity contribution in [2.75, 3.05) is 68.7 Å². The molecule has 14 heteroatoms. The Kier molecular flexibility index (Phi) is 7.59. The van der Waals surface area contributed by atoms with Crippen LogP contribution in [0.4, 0.5) is 21.3 Å². The SMILES string of the molecule is C[C@H](c1ccc(P(C)(C)=O)cc1)N(C)c1nc(OC[C@@]23CCCN2C[C@H](F)C3)nc(N2CC3(C2)SCc2sc(N)c(C#N)c23)n1. The van der Waals surface area contributed by atoms with Gasteiger partial charge in [-0.3, -0.25) is 4.90 Å². The van der Waals surface area contributed by atoms with Crippen molar-refractivity contribution in [2.45, 2.75) is 54.4 Å². The lowest BCUT2D eigenvalue weighted by Gasteiger charge is -2.47. The second-order valence-electron chi connectivity index (χ2n) is 13.2. The lowest BCUT2D eigenvalue weighted by Crippen LogP contribution is -2.57. The van der Waals surface area contributed by atoms with Gasteiger partial charge in [0, 0.05) is 54.6 Å². The van der Waals surface area contributed by atoms with Crippen molar-refractivity contribution in [2.24, 2.45) is 0 Å². The summed E-state index contributed by atoms with van der Waals surface area (Å²) in [5.74, 6) is 1.83. The number of hydrogen-bond donors (Lipinski definition) is 1. The number of halogens is 1. The zero-order valence-corrected chi connectivity index (χ0v) is 28.5. The molecule has 0 saturated carbocycles. The highest BCUT2D eigenvalue weighted by molar-refractivity contribution is 8.00. The molecule has 3 fully saturated rings. The quantitative estimate of drug-likeness (QED) is 0.335. The summed E-state index contributed by atoms with van der Waals surface area (Å²) in [5, 5.41) is 11.3. The maximum absolute atomic E-state index is 14.5. The average molecular weight is 669 g/mol. The van der Waals surface area contributed by atoms with Gasteiger partial charge in [-0.15, -0.1) is 23.1 Å². The Bertz CT molecular complexity index is 1720. The van der Waals surface area contributed by atoms with Crippen LogP contribution in [0.15, 0.2) is 24.3 Å². The number of nitriles is 1. The van der Waals surface area contributed by atoms with Crippen molar-refractivity contribution < 1.29 is 13.7 Å². The Morgan fingerprint density at radius 2 is 2.02 bits per heavy atom. The van der Waals surface area contributed by atoms with E-state index in [2.05, 4.69) is 22.8 Å². The molecule has 1 aromatic carbocycles. The number of alkyl halides is 1. The molecule has 4 aliphatic heterocycles. The Labute approximate surface area is 271 Å². The lowest BCUT2D eigenvalue weighted by molar-refractivity contribution is 0.107. The zero-order valence-electron chi connectivity index (χ0n) is 26.0. The molecule has 0 unspecified atom stereocenters. The fourth-order valence-electron chi connectivity index (χ4n) is 7.28. The van der Waals surface area contributed by atoms with E-state index in [-0.39, 0.29) is 22.3 Å². The third kappa shape index (κ3) is 5.28. The third-order valence-corrected chi connectivity index (χ3v) is 14.1. The average Bonchev–Trinajstić information content (AvgIpc) is 3.72. The molecule has 10 nitrogen and oxygen atoms in total. The first kappa shape index (κ1) is 30.7. The summed E-state index contributed by atoms with van der Waals surface area (Å²) < 4.78 is 33.1. The van der Waals surface area contributed by atoms with Crippen LogP contribution in [-0.4, -0.2) is 84.7 Å². The highest BCUT2D eigenvalue weighted by atomic mass is 32.2. The van der Waals surface area contributed by atoms with Crippen LogP contribution >= 0.6 is 30.2 Å². The van der Waals surface area contributed by atoms with Crippen LogP contribution in [0.5, 0.6) is 6.01 Å². The van der Waals surface area contributed by atoms with Crippen molar-refractivity contribution in [3.8, 4) is 12.1 Å². The maximum Gasteiger partial charge on any atom is 0.323 e. The number of ether oxygens (including phenoxy) is 1. The molecule has 45 heavy (non-hydrogen) atoms. The van der Waals surface area contributed by atoms with E-state index in [1.807, 2.05) is 48.0 Å². The number of aromatic nitrogens is 3. The Morgan fingerprint density at radius 1 is 1.27 bits per heavy atom. The molecule has 3 saturated heterocycles. The van der Waals surface area contributed by atoms with Crippen LogP contribution in [0.1, 0.15) is 53.8 Å². The summed E-state index contributed by atoms with van der Waals surface area (Å²) in [6.07, 6.45) is 1.54. The molecule has 0 bridgehead atoms. The topological polar surface area (TPSA) is 125 Å². The second kappa shape index (κ2) is 11.1. The number of thioether (sulfide) groups is 1. The van der Waals surface area contributed by atoms with E-state index in [4.69, 9.17) is 25.4 Å². The van der Waals surface area contributed by atoms with Crippen molar-refractivity contribution >= 4 is 52.4 Å². The molecule has 7 rings (SSSR count). The second-order valence-corrected chi connectivity index (χ2v) is 18.9. The minimum absolute atomic E-state index is 0.0936. The standard InChI is InChI=1S/C31H38FN8O2PS2/c1-19(20-6-8-22(9-7-20)43(3,4)41)38(2)27-35-28(37-29(36-27)42-18-30-10-5-11-40(30)14-21(32)12-30)39-16-31(17-39)25-23(13-33)26(34)45-24(25)15-44-31/h6-9,19,21H,5,10-12,14-18,34H2,1-4H3/t19-,21-,30+/m1/s1. The largest absolute Gasteiger partial charge is 0.461 e. The van der Waals surface area contributed by atoms with Gasteiger partial charge in [0.25, 0.3) is 0 Å². The highest BCUT2D eigenvalue weighted by Gasteiger charge is 2.53. The Hall–Kier alpha value is -2.91. The molecule has 238 valence electrons. The summed E-state index contributed by atoms with van der Waals surface area (Å²) in [6.45, 7) is 8.58. The molecule has 6 heterocycles. The molecule has 0 aliphatic carbocycles. The summed E-state index contributed by atoms with van der Waals surface area (Å²) in [5.41, 5.74) is 8.58. The number of nitrogens with zero attached hydrogens (tertiary/aromatic N) is 7. The fraction of sp³-hybridized carbons (Fsp3) is 0.548. The molecule has 2 aromatic heterocycles. The smallest absolute Gasteiger partial charge is 0.323 e. The number of anilines is 3. The summed E-state index contributed by atoms with van der Waals surface area (Å²) in [7, 11) is -0.415. The van der Waals surface area contributed by atoms with Crippen LogP contribution in [0.2, 0.25) is 0 Å². The van der Waals surface area contributed by atoms with Gasteiger partial charge in [0.05, 0.1) is 21.9 Å². The normalized spacial score (nSPS) is 24.3. The van der Waals surface area contributed by atoms with E-state index in [0.29, 0.717) is 55.1 Å². The van der Waals surface area contributed by atoms with Gasteiger partial charge in [0.1, 0.15) is 31.0 Å². The number of hydrogen-bond acceptors (Lipinski definition) is 12. The first-order chi connectivity index (χ1) is 21.4. The fourth-order valence-corrected chi connectivity index (χ4v) is 11.0. The van der Waals surface area contributed by atoms with Gasteiger partial charge in [-0.2, -0.15) is 20.2 Å². The predicted octanol–water partition coefficient (Wildman–Crippen LogP) is 4.75. The van der Waals surface area contributed by atoms with Crippen molar-refractivity contribution in [3.63, 3.8) is 0 Å². The first-order valence-corrected chi connectivity index (χ1v) is 19.7. The molecular formula is C31H38FN8O2PS2. The van der Waals surface area contributed by atoms with E-state index in [1.165, 1.54) is 16.2 Å². The zero-order chi connectivity index (χ0) is 31.7. The summed E-state index contributed by atoms with van der Waals surface area (Å²) in [6, 6.07) is 10.3. The molecule has 2 N–H and O–H groups in total. The van der Waals surface area contributed by atoms with Gasteiger partial charge in [0.2, 0.25) is 11.9 Å². The number of nitrogens with two attached hydrogens (primary N) is 1. The lowest BCUT2D eigenvalue weighted by atomic mass is 9.88. The molecule has 0 amide bonds. The number of nitrogen functional groups attached to an aromatic ring is 1. The number of rotatable bonds is 8. The number of fused-ring (bicyclic) bond motifs is 3. The molecule has 4 aliphatic rings. The van der Waals surface area contributed by atoms with Gasteiger partial charge in [0.15, 0.2) is 0 Å². The first-order valence-electron chi connectivity index (χ1n) is 15.3. The molecule has 3 aromatic rings. The number of benzene rings is 1. The molecule has 0 radical (unpaired) electrons. The van der Waals surface area contributed by atoms with Gasteiger partial charge in [-0.05, 0) is 45.2 Å². The van der Waals surface area contributed by atoms with Crippen molar-refractivity contribution in [3.05, 3.63) is 45.8 Å². The van der Waals surface area contributed by atoms with Gasteiger partial charge in [-0.1, -0.05) is 24.3 Å². The summed E-state index contributed by atoms with van der Waals surface area (Å²) in [4.78, 5) is 21.9. The van der Waals surface area contributed by atoms with Crippen molar-refractivity contribution in [1.82, 2.24) is 19.9 Å². The van der Waals surface area contributed by atoms with E-state index >= 15 is 0 Å². The highest BCUT2D eigenvalue weighted by Crippen LogP contribution is 2.57. The minimum atomic E-state index is -2.36. The Balaban J connectivity index is 1.17. The van der Waals surface area contributed by atoms with Crippen LogP contribution in [0, 0.1) is 11.3 Å². The van der Waals surface area contributed by atoms with Crippen LogP contribution < -0.4 is 25.6 Å². The molecular weight excluding hydrogens is 631 g/mol. The maximum atomic E-state index is 14.5. The molecule has 3 atom stereocenters. The van der Waals surface area contributed by atoms with Crippen molar-refractivity contribution in [1.29, 1.82) is 5.26 Å².